The lowest BCUT2D eigenvalue weighted by Gasteiger charge is -2.13. The van der Waals surface area contributed by atoms with Crippen molar-refractivity contribution in [2.45, 2.75) is 25.8 Å². The van der Waals surface area contributed by atoms with E-state index in [9.17, 15) is 0 Å². The van der Waals surface area contributed by atoms with Crippen LogP contribution in [0.5, 0.6) is 0 Å². The third-order valence-electron chi connectivity index (χ3n) is 2.07. The average molecular weight is 208 g/mol. The molecule has 0 fully saturated rings. The second-order valence-electron chi connectivity index (χ2n) is 3.53. The molecule has 0 bridgehead atoms. The number of hydrogen-bond acceptors (Lipinski definition) is 1. The number of nitrogens with two attached hydrogens (primary N) is 1. The van der Waals surface area contributed by atoms with Crippen LogP contribution in [0.4, 0.5) is 0 Å². The van der Waals surface area contributed by atoms with Gasteiger partial charge in [0.05, 0.1) is 5.54 Å². The van der Waals surface area contributed by atoms with Gasteiger partial charge in [-0.2, -0.15) is 0 Å². The molecule has 74 valence electrons. The third kappa shape index (κ3) is 3.41. The minimum absolute atomic E-state index is 0.403. The highest BCUT2D eigenvalue weighted by atomic mass is 35.5. The van der Waals surface area contributed by atoms with Crippen LogP contribution in [0.15, 0.2) is 24.3 Å². The predicted molar refractivity (Wildman–Crippen MR) is 61.2 cm³/mol. The molecule has 1 atom stereocenters. The summed E-state index contributed by atoms with van der Waals surface area (Å²) in [6, 6.07) is 7.43. The van der Waals surface area contributed by atoms with E-state index in [1.54, 1.807) is 0 Å². The third-order valence-corrected chi connectivity index (χ3v) is 2.32. The van der Waals surface area contributed by atoms with Crippen molar-refractivity contribution < 1.29 is 0 Å². The zero-order chi connectivity index (χ0) is 10.6. The second-order valence-corrected chi connectivity index (χ2v) is 3.96. The van der Waals surface area contributed by atoms with Crippen molar-refractivity contribution >= 4 is 11.6 Å². The molecule has 0 amide bonds. The van der Waals surface area contributed by atoms with Crippen molar-refractivity contribution in [3.63, 3.8) is 0 Å². The molecular formula is C12H14ClN. The molecular weight excluding hydrogens is 194 g/mol. The fourth-order valence-electron chi connectivity index (χ4n) is 0.837. The SMILES string of the molecule is CCC(C)(N)C#Cc1ccc(Cl)cc1. The molecule has 0 aliphatic carbocycles. The maximum absolute atomic E-state index is 5.89. The molecule has 0 heterocycles. The van der Waals surface area contributed by atoms with Gasteiger partial charge in [-0.1, -0.05) is 30.4 Å². The van der Waals surface area contributed by atoms with Crippen molar-refractivity contribution in [3.8, 4) is 11.8 Å². The van der Waals surface area contributed by atoms with E-state index < -0.39 is 5.54 Å². The Morgan fingerprint density at radius 3 is 2.43 bits per heavy atom. The van der Waals surface area contributed by atoms with Crippen LogP contribution in [0.3, 0.4) is 0 Å². The van der Waals surface area contributed by atoms with Crippen LogP contribution < -0.4 is 5.73 Å². The molecule has 14 heavy (non-hydrogen) atoms. The number of benzene rings is 1. The second kappa shape index (κ2) is 4.50. The van der Waals surface area contributed by atoms with E-state index in [1.807, 2.05) is 38.1 Å². The van der Waals surface area contributed by atoms with Gasteiger partial charge in [0.2, 0.25) is 0 Å². The molecule has 0 spiro atoms. The zero-order valence-electron chi connectivity index (χ0n) is 8.47. The summed E-state index contributed by atoms with van der Waals surface area (Å²) < 4.78 is 0. The van der Waals surface area contributed by atoms with Gasteiger partial charge in [0.15, 0.2) is 0 Å². The molecule has 0 aromatic heterocycles. The molecule has 0 radical (unpaired) electrons. The number of rotatable bonds is 1. The molecule has 1 rings (SSSR count). The van der Waals surface area contributed by atoms with Crippen LogP contribution in [0.1, 0.15) is 25.8 Å². The Bertz CT molecular complexity index is 354. The van der Waals surface area contributed by atoms with Gasteiger partial charge < -0.3 is 5.73 Å². The largest absolute Gasteiger partial charge is 0.315 e. The maximum atomic E-state index is 5.89. The topological polar surface area (TPSA) is 26.0 Å². The van der Waals surface area contributed by atoms with Crippen LogP contribution in [0.25, 0.3) is 0 Å². The van der Waals surface area contributed by atoms with Crippen LogP contribution in [0, 0.1) is 11.8 Å². The Morgan fingerprint density at radius 1 is 1.36 bits per heavy atom. The first kappa shape index (κ1) is 11.1. The Kier molecular flexibility index (Phi) is 3.57. The van der Waals surface area contributed by atoms with E-state index in [1.165, 1.54) is 0 Å². The van der Waals surface area contributed by atoms with Gasteiger partial charge >= 0.3 is 0 Å². The Labute approximate surface area is 90.3 Å². The van der Waals surface area contributed by atoms with Gasteiger partial charge in [-0.3, -0.25) is 0 Å². The van der Waals surface area contributed by atoms with Crippen LogP contribution >= 0.6 is 11.6 Å². The average Bonchev–Trinajstić information content (AvgIpc) is 2.17. The fourth-order valence-corrected chi connectivity index (χ4v) is 0.963. The Hall–Kier alpha value is -0.970. The van der Waals surface area contributed by atoms with Crippen LogP contribution in [0.2, 0.25) is 5.02 Å². The zero-order valence-corrected chi connectivity index (χ0v) is 9.23. The predicted octanol–water partition coefficient (Wildman–Crippen LogP) is 2.82. The molecule has 2 N–H and O–H groups in total. The molecule has 1 unspecified atom stereocenters. The molecule has 1 aromatic rings. The molecule has 0 aliphatic heterocycles. The highest BCUT2D eigenvalue weighted by Gasteiger charge is 2.09. The van der Waals surface area contributed by atoms with Crippen molar-refractivity contribution in [2.75, 3.05) is 0 Å². The van der Waals surface area contributed by atoms with Crippen LogP contribution in [-0.2, 0) is 0 Å². The van der Waals surface area contributed by atoms with E-state index >= 15 is 0 Å². The summed E-state index contributed by atoms with van der Waals surface area (Å²) >= 11 is 5.76. The summed E-state index contributed by atoms with van der Waals surface area (Å²) in [5.74, 6) is 6.06. The summed E-state index contributed by atoms with van der Waals surface area (Å²) in [5, 5.41) is 0.724. The van der Waals surface area contributed by atoms with Gasteiger partial charge in [-0.25, -0.2) is 0 Å². The maximum Gasteiger partial charge on any atom is 0.0748 e. The van der Waals surface area contributed by atoms with Gasteiger partial charge in [-0.15, -0.1) is 0 Å². The van der Waals surface area contributed by atoms with Crippen molar-refractivity contribution in [1.29, 1.82) is 0 Å². The number of halogens is 1. The number of hydrogen-bond donors (Lipinski definition) is 1. The molecule has 0 aliphatic rings. The van der Waals surface area contributed by atoms with Gasteiger partial charge in [-0.05, 0) is 37.6 Å². The quantitative estimate of drug-likeness (QED) is 0.705. The molecule has 0 saturated heterocycles. The standard InChI is InChI=1S/C12H14ClN/c1-3-12(2,14)9-8-10-4-6-11(13)7-5-10/h4-7H,3,14H2,1-2H3. The fraction of sp³-hybridized carbons (Fsp3) is 0.333. The van der Waals surface area contributed by atoms with Crippen molar-refractivity contribution in [3.05, 3.63) is 34.9 Å². The van der Waals surface area contributed by atoms with Crippen molar-refractivity contribution in [2.24, 2.45) is 5.73 Å². The first-order valence-electron chi connectivity index (χ1n) is 4.61. The first-order chi connectivity index (χ1) is 6.53. The van der Waals surface area contributed by atoms with E-state index in [0.717, 1.165) is 17.0 Å². The summed E-state index contributed by atoms with van der Waals surface area (Å²) in [5.41, 5.74) is 6.43. The van der Waals surface area contributed by atoms with Gasteiger partial charge in [0.1, 0.15) is 0 Å². The molecule has 0 saturated carbocycles. The van der Waals surface area contributed by atoms with E-state index in [-0.39, 0.29) is 0 Å². The summed E-state index contributed by atoms with van der Waals surface area (Å²) in [6.45, 7) is 3.95. The van der Waals surface area contributed by atoms with Crippen molar-refractivity contribution in [1.82, 2.24) is 0 Å². The molecule has 1 nitrogen and oxygen atoms in total. The monoisotopic (exact) mass is 207 g/mol. The summed E-state index contributed by atoms with van der Waals surface area (Å²) in [6.07, 6.45) is 0.841. The smallest absolute Gasteiger partial charge is 0.0748 e. The lowest BCUT2D eigenvalue weighted by molar-refractivity contribution is 0.586. The molecule has 1 aromatic carbocycles. The van der Waals surface area contributed by atoms with Crippen LogP contribution in [-0.4, -0.2) is 5.54 Å². The Morgan fingerprint density at radius 2 is 1.93 bits per heavy atom. The van der Waals surface area contributed by atoms with E-state index in [2.05, 4.69) is 11.8 Å². The highest BCUT2D eigenvalue weighted by Crippen LogP contribution is 2.09. The molecule has 2 heteroatoms. The first-order valence-corrected chi connectivity index (χ1v) is 4.99. The summed E-state index contributed by atoms with van der Waals surface area (Å²) in [4.78, 5) is 0. The minimum Gasteiger partial charge on any atom is -0.315 e. The van der Waals surface area contributed by atoms with Gasteiger partial charge in [0.25, 0.3) is 0 Å². The highest BCUT2D eigenvalue weighted by molar-refractivity contribution is 6.30. The lowest BCUT2D eigenvalue weighted by atomic mass is 10.0. The van der Waals surface area contributed by atoms with E-state index in [4.69, 9.17) is 17.3 Å². The van der Waals surface area contributed by atoms with Gasteiger partial charge in [0, 0.05) is 10.6 Å². The lowest BCUT2D eigenvalue weighted by Crippen LogP contribution is -2.32. The van der Waals surface area contributed by atoms with E-state index in [0.29, 0.717) is 0 Å². The minimum atomic E-state index is -0.403. The Balaban J connectivity index is 2.83. The summed E-state index contributed by atoms with van der Waals surface area (Å²) in [7, 11) is 0. The normalized spacial score (nSPS) is 14.0.